The van der Waals surface area contributed by atoms with Crippen molar-refractivity contribution in [3.63, 3.8) is 0 Å². The molecule has 0 aromatic carbocycles. The quantitative estimate of drug-likeness (QED) is 0.0274. The van der Waals surface area contributed by atoms with Gasteiger partial charge in [-0.25, -0.2) is 4.79 Å². The summed E-state index contributed by atoms with van der Waals surface area (Å²) >= 11 is 0. The standard InChI is InChI=1S/C47H84N2O7/c1-3-5-7-9-11-12-13-14-15-16-17-18-19-20-21-22-23-24-25-26-27-29-35-39-46(53)56-42(36-32-28-10-8-6-4-2)37-33-30-31-34-38-44(51)48-40-45(52)49-43(41-50)47(54)55/h13-14,16-17,19-20,42-43,50H,3-12,15,18,21-41H2,1-2H3,(H,48,51)(H,49,52)(H,54,55)/b14-13-,17-16-,20-19-. The Morgan fingerprint density at radius 2 is 0.964 bits per heavy atom. The van der Waals surface area contributed by atoms with Crippen molar-refractivity contribution in [3.05, 3.63) is 36.5 Å². The number of aliphatic hydroxyl groups is 1. The first-order valence-corrected chi connectivity index (χ1v) is 22.9. The summed E-state index contributed by atoms with van der Waals surface area (Å²) in [4.78, 5) is 47.5. The van der Waals surface area contributed by atoms with Crippen LogP contribution in [0.1, 0.15) is 213 Å². The Bertz CT molecular complexity index is 1040. The van der Waals surface area contributed by atoms with Crippen LogP contribution in [0.3, 0.4) is 0 Å². The smallest absolute Gasteiger partial charge is 0.328 e. The average Bonchev–Trinajstić information content (AvgIpc) is 3.18. The number of hydrogen-bond donors (Lipinski definition) is 4. The predicted molar refractivity (Wildman–Crippen MR) is 231 cm³/mol. The molecule has 9 nitrogen and oxygen atoms in total. The largest absolute Gasteiger partial charge is 0.480 e. The summed E-state index contributed by atoms with van der Waals surface area (Å²) < 4.78 is 5.97. The van der Waals surface area contributed by atoms with Crippen molar-refractivity contribution in [1.29, 1.82) is 0 Å². The van der Waals surface area contributed by atoms with Gasteiger partial charge in [-0.2, -0.15) is 0 Å². The average molecular weight is 789 g/mol. The molecule has 2 atom stereocenters. The molecule has 0 bridgehead atoms. The van der Waals surface area contributed by atoms with Gasteiger partial charge in [0.25, 0.3) is 0 Å². The lowest BCUT2D eigenvalue weighted by Gasteiger charge is -2.18. The molecule has 9 heteroatoms. The molecule has 2 amide bonds. The fraction of sp³-hybridized carbons (Fsp3) is 0.787. The highest BCUT2D eigenvalue weighted by atomic mass is 16.5. The van der Waals surface area contributed by atoms with E-state index >= 15 is 0 Å². The minimum absolute atomic E-state index is 0.0442. The number of aliphatic carboxylic acids is 1. The van der Waals surface area contributed by atoms with Crippen LogP contribution in [0.2, 0.25) is 0 Å². The van der Waals surface area contributed by atoms with E-state index in [1.807, 2.05) is 0 Å². The molecule has 0 aromatic heterocycles. The highest BCUT2D eigenvalue weighted by molar-refractivity contribution is 5.87. The lowest BCUT2D eigenvalue weighted by Crippen LogP contribution is -2.47. The summed E-state index contributed by atoms with van der Waals surface area (Å²) in [7, 11) is 0. The number of carbonyl (C=O) groups is 4. The number of carboxylic acids is 1. The molecule has 0 aliphatic heterocycles. The zero-order valence-corrected chi connectivity index (χ0v) is 35.9. The Morgan fingerprint density at radius 3 is 1.45 bits per heavy atom. The third-order valence-corrected chi connectivity index (χ3v) is 10.1. The minimum Gasteiger partial charge on any atom is -0.480 e. The van der Waals surface area contributed by atoms with E-state index in [2.05, 4.69) is 60.9 Å². The predicted octanol–water partition coefficient (Wildman–Crippen LogP) is 11.4. The van der Waals surface area contributed by atoms with Gasteiger partial charge in [-0.1, -0.05) is 159 Å². The molecule has 0 spiro atoms. The van der Waals surface area contributed by atoms with Crippen LogP contribution >= 0.6 is 0 Å². The van der Waals surface area contributed by atoms with E-state index in [4.69, 9.17) is 14.9 Å². The number of carboxylic acid groups (broad SMARTS) is 1. The van der Waals surface area contributed by atoms with Crippen molar-refractivity contribution in [3.8, 4) is 0 Å². The normalized spacial score (nSPS) is 12.8. The number of nitrogens with one attached hydrogen (secondary N) is 2. The molecule has 56 heavy (non-hydrogen) atoms. The van der Waals surface area contributed by atoms with E-state index in [0.717, 1.165) is 64.2 Å². The van der Waals surface area contributed by atoms with Crippen molar-refractivity contribution in [2.24, 2.45) is 0 Å². The lowest BCUT2D eigenvalue weighted by molar-refractivity contribution is -0.150. The van der Waals surface area contributed by atoms with Crippen molar-refractivity contribution in [1.82, 2.24) is 10.6 Å². The first-order chi connectivity index (χ1) is 27.3. The van der Waals surface area contributed by atoms with Crippen LogP contribution in [0.4, 0.5) is 0 Å². The maximum Gasteiger partial charge on any atom is 0.328 e. The summed E-state index contributed by atoms with van der Waals surface area (Å²) in [5, 5.41) is 22.5. The Hall–Kier alpha value is -2.94. The van der Waals surface area contributed by atoms with E-state index in [1.165, 1.54) is 116 Å². The van der Waals surface area contributed by atoms with E-state index in [1.54, 1.807) is 0 Å². The highest BCUT2D eigenvalue weighted by Gasteiger charge is 2.19. The fourth-order valence-electron chi connectivity index (χ4n) is 6.60. The van der Waals surface area contributed by atoms with Gasteiger partial charge in [0.15, 0.2) is 0 Å². The molecule has 0 saturated carbocycles. The fourth-order valence-corrected chi connectivity index (χ4v) is 6.60. The molecule has 0 radical (unpaired) electrons. The van der Waals surface area contributed by atoms with Gasteiger partial charge in [0.2, 0.25) is 11.8 Å². The van der Waals surface area contributed by atoms with E-state index in [0.29, 0.717) is 12.8 Å². The van der Waals surface area contributed by atoms with Crippen LogP contribution < -0.4 is 10.6 Å². The second-order valence-corrected chi connectivity index (χ2v) is 15.5. The van der Waals surface area contributed by atoms with Gasteiger partial charge in [0.1, 0.15) is 12.1 Å². The summed E-state index contributed by atoms with van der Waals surface area (Å²) in [6.45, 7) is 3.43. The number of amides is 2. The zero-order chi connectivity index (χ0) is 41.2. The van der Waals surface area contributed by atoms with Crippen molar-refractivity contribution in [2.75, 3.05) is 13.2 Å². The number of rotatable bonds is 41. The molecule has 324 valence electrons. The number of hydrogen-bond acceptors (Lipinski definition) is 6. The Labute approximate surface area is 342 Å². The van der Waals surface area contributed by atoms with Crippen LogP contribution in [0.5, 0.6) is 0 Å². The number of carbonyl (C=O) groups excluding carboxylic acids is 3. The Morgan fingerprint density at radius 1 is 0.536 bits per heavy atom. The second kappa shape index (κ2) is 41.7. The summed E-state index contributed by atoms with van der Waals surface area (Å²) in [6.07, 6.45) is 47.6. The van der Waals surface area contributed by atoms with Gasteiger partial charge in [-0.15, -0.1) is 0 Å². The maximum atomic E-state index is 12.7. The monoisotopic (exact) mass is 789 g/mol. The maximum absolute atomic E-state index is 12.7. The lowest BCUT2D eigenvalue weighted by atomic mass is 10.0. The van der Waals surface area contributed by atoms with Gasteiger partial charge >= 0.3 is 11.9 Å². The molecule has 0 aliphatic carbocycles. The topological polar surface area (TPSA) is 142 Å². The summed E-state index contributed by atoms with van der Waals surface area (Å²) in [5.41, 5.74) is 0. The minimum atomic E-state index is -1.39. The molecular weight excluding hydrogens is 705 g/mol. The van der Waals surface area contributed by atoms with Gasteiger partial charge in [0.05, 0.1) is 13.2 Å². The third kappa shape index (κ3) is 38.0. The number of ether oxygens (including phenoxy) is 1. The first-order valence-electron chi connectivity index (χ1n) is 22.9. The van der Waals surface area contributed by atoms with E-state index in [-0.39, 0.29) is 30.9 Å². The summed E-state index contributed by atoms with van der Waals surface area (Å²) in [6, 6.07) is -1.39. The van der Waals surface area contributed by atoms with E-state index < -0.39 is 24.5 Å². The Balaban J connectivity index is 4.04. The number of aliphatic hydroxyl groups excluding tert-OH is 1. The van der Waals surface area contributed by atoms with Gasteiger partial charge in [0, 0.05) is 12.8 Å². The summed E-state index contributed by atoms with van der Waals surface area (Å²) in [5.74, 6) is -2.34. The second-order valence-electron chi connectivity index (χ2n) is 15.5. The van der Waals surface area contributed by atoms with Gasteiger partial charge < -0.3 is 25.6 Å². The highest BCUT2D eigenvalue weighted by Crippen LogP contribution is 2.18. The van der Waals surface area contributed by atoms with Crippen molar-refractivity contribution < 1.29 is 34.1 Å². The van der Waals surface area contributed by atoms with E-state index in [9.17, 15) is 19.2 Å². The van der Waals surface area contributed by atoms with Gasteiger partial charge in [-0.3, -0.25) is 14.4 Å². The van der Waals surface area contributed by atoms with Gasteiger partial charge in [-0.05, 0) is 77.0 Å². The van der Waals surface area contributed by atoms with Crippen LogP contribution in [-0.2, 0) is 23.9 Å². The molecule has 0 aliphatic rings. The van der Waals surface area contributed by atoms with Crippen LogP contribution in [0.15, 0.2) is 36.5 Å². The SMILES string of the molecule is CCCCCCC/C=C\C/C=C\C/C=C\CCCCCCCCCCC(=O)OC(CCCCCCCC)CCCCCCC(=O)NCC(=O)NC(CO)C(=O)O. The van der Waals surface area contributed by atoms with Crippen LogP contribution in [0.25, 0.3) is 0 Å². The van der Waals surface area contributed by atoms with Crippen LogP contribution in [0, 0.1) is 0 Å². The number of unbranched alkanes of at least 4 members (excludes halogenated alkanes) is 21. The zero-order valence-electron chi connectivity index (χ0n) is 35.9. The number of allylic oxidation sites excluding steroid dienone is 6. The van der Waals surface area contributed by atoms with Crippen LogP contribution in [-0.4, -0.2) is 59.3 Å². The molecule has 0 fully saturated rings. The Kier molecular flexibility index (Phi) is 39.5. The molecule has 2 unspecified atom stereocenters. The molecule has 0 heterocycles. The van der Waals surface area contributed by atoms with Crippen molar-refractivity contribution >= 4 is 23.8 Å². The molecule has 0 aromatic rings. The molecule has 0 rings (SSSR count). The molecular formula is C47H84N2O7. The molecule has 4 N–H and O–H groups in total. The number of esters is 1. The third-order valence-electron chi connectivity index (χ3n) is 10.1. The first kappa shape index (κ1) is 53.1. The molecule has 0 saturated heterocycles. The van der Waals surface area contributed by atoms with Crippen molar-refractivity contribution in [2.45, 2.75) is 225 Å².